The third kappa shape index (κ3) is 3.39. The molecule has 3 heteroatoms. The summed E-state index contributed by atoms with van der Waals surface area (Å²) in [6, 6.07) is 0.376. The van der Waals surface area contributed by atoms with Crippen LogP contribution in [0, 0.1) is 0 Å². The van der Waals surface area contributed by atoms with Gasteiger partial charge in [-0.3, -0.25) is 4.79 Å². The van der Waals surface area contributed by atoms with Crippen molar-refractivity contribution in [2.24, 2.45) is 0 Å². The van der Waals surface area contributed by atoms with Gasteiger partial charge in [0.2, 0.25) is 5.91 Å². The average Bonchev–Trinajstić information content (AvgIpc) is 2.06. The topological polar surface area (TPSA) is 29.1 Å². The number of hydrogen-bond donors (Lipinski definition) is 1. The Balaban J connectivity index is 2.21. The molecule has 0 aromatic heterocycles. The SMILES string of the molecule is O=C(CCBr)NC1CC=CCC1. The molecule has 0 heterocycles. The van der Waals surface area contributed by atoms with Gasteiger partial charge in [-0.05, 0) is 19.3 Å². The predicted octanol–water partition coefficient (Wildman–Crippen LogP) is 2.00. The molecule has 0 saturated heterocycles. The van der Waals surface area contributed by atoms with Gasteiger partial charge in [-0.1, -0.05) is 28.1 Å². The summed E-state index contributed by atoms with van der Waals surface area (Å²) in [4.78, 5) is 11.1. The Labute approximate surface area is 81.5 Å². The van der Waals surface area contributed by atoms with Crippen LogP contribution in [0.15, 0.2) is 12.2 Å². The Kier molecular flexibility index (Phi) is 4.36. The lowest BCUT2D eigenvalue weighted by molar-refractivity contribution is -0.121. The second-order valence-corrected chi connectivity index (χ2v) is 3.78. The summed E-state index contributed by atoms with van der Waals surface area (Å²) in [5.41, 5.74) is 0. The third-order valence-electron chi connectivity index (χ3n) is 1.96. The third-order valence-corrected chi connectivity index (χ3v) is 2.35. The molecule has 0 bridgehead atoms. The van der Waals surface area contributed by atoms with Gasteiger partial charge in [0, 0.05) is 17.8 Å². The molecule has 1 amide bonds. The number of allylic oxidation sites excluding steroid dienone is 1. The van der Waals surface area contributed by atoms with Crippen LogP contribution in [0.2, 0.25) is 0 Å². The molecule has 1 aliphatic rings. The van der Waals surface area contributed by atoms with Crippen molar-refractivity contribution >= 4 is 21.8 Å². The van der Waals surface area contributed by atoms with Gasteiger partial charge in [0.05, 0.1) is 0 Å². The molecular weight excluding hydrogens is 218 g/mol. The van der Waals surface area contributed by atoms with Crippen molar-refractivity contribution in [3.05, 3.63) is 12.2 Å². The maximum Gasteiger partial charge on any atom is 0.221 e. The first kappa shape index (κ1) is 9.78. The summed E-state index contributed by atoms with van der Waals surface area (Å²) < 4.78 is 0. The number of amides is 1. The number of halogens is 1. The van der Waals surface area contributed by atoms with E-state index in [1.54, 1.807) is 0 Å². The van der Waals surface area contributed by atoms with Crippen molar-refractivity contribution in [1.82, 2.24) is 5.32 Å². The van der Waals surface area contributed by atoms with Crippen molar-refractivity contribution < 1.29 is 4.79 Å². The molecule has 1 atom stereocenters. The van der Waals surface area contributed by atoms with E-state index in [0.29, 0.717) is 12.5 Å². The van der Waals surface area contributed by atoms with Crippen LogP contribution < -0.4 is 5.32 Å². The van der Waals surface area contributed by atoms with E-state index in [9.17, 15) is 4.79 Å². The van der Waals surface area contributed by atoms with Crippen molar-refractivity contribution in [3.63, 3.8) is 0 Å². The monoisotopic (exact) mass is 231 g/mol. The molecule has 2 nitrogen and oxygen atoms in total. The summed E-state index contributed by atoms with van der Waals surface area (Å²) in [7, 11) is 0. The van der Waals surface area contributed by atoms with Crippen LogP contribution in [0.1, 0.15) is 25.7 Å². The molecule has 0 spiro atoms. The van der Waals surface area contributed by atoms with Gasteiger partial charge < -0.3 is 5.32 Å². The van der Waals surface area contributed by atoms with Gasteiger partial charge in [-0.25, -0.2) is 0 Å². The zero-order chi connectivity index (χ0) is 8.81. The van der Waals surface area contributed by atoms with Crippen molar-refractivity contribution in [2.75, 3.05) is 5.33 Å². The smallest absolute Gasteiger partial charge is 0.221 e. The summed E-state index contributed by atoms with van der Waals surface area (Å²) in [6.45, 7) is 0. The minimum Gasteiger partial charge on any atom is -0.353 e. The Morgan fingerprint density at radius 3 is 3.00 bits per heavy atom. The number of rotatable bonds is 3. The second-order valence-electron chi connectivity index (χ2n) is 2.99. The van der Waals surface area contributed by atoms with Gasteiger partial charge >= 0.3 is 0 Å². The number of carbonyl (C=O) groups excluding carboxylic acids is 1. The fraction of sp³-hybridized carbons (Fsp3) is 0.667. The average molecular weight is 232 g/mol. The number of hydrogen-bond acceptors (Lipinski definition) is 1. The van der Waals surface area contributed by atoms with Gasteiger partial charge in [0.25, 0.3) is 0 Å². The molecule has 0 saturated carbocycles. The molecule has 0 aromatic carbocycles. The molecule has 0 aromatic rings. The van der Waals surface area contributed by atoms with Gasteiger partial charge in [0.15, 0.2) is 0 Å². The molecule has 68 valence electrons. The largest absolute Gasteiger partial charge is 0.353 e. The quantitative estimate of drug-likeness (QED) is 0.585. The first-order chi connectivity index (χ1) is 5.83. The fourth-order valence-electron chi connectivity index (χ4n) is 1.31. The fourth-order valence-corrected chi connectivity index (χ4v) is 1.67. The van der Waals surface area contributed by atoms with Crippen LogP contribution in [0.25, 0.3) is 0 Å². The summed E-state index contributed by atoms with van der Waals surface area (Å²) in [5.74, 6) is 0.159. The van der Waals surface area contributed by atoms with Crippen LogP contribution in [-0.4, -0.2) is 17.3 Å². The summed E-state index contributed by atoms with van der Waals surface area (Å²) >= 11 is 3.24. The highest BCUT2D eigenvalue weighted by molar-refractivity contribution is 9.09. The van der Waals surface area contributed by atoms with Gasteiger partial charge in [0.1, 0.15) is 0 Å². The van der Waals surface area contributed by atoms with Crippen LogP contribution in [0.4, 0.5) is 0 Å². The zero-order valence-corrected chi connectivity index (χ0v) is 8.64. The Hall–Kier alpha value is -0.310. The van der Waals surface area contributed by atoms with Crippen LogP contribution in [0.5, 0.6) is 0 Å². The molecular formula is C9H14BrNO. The van der Waals surface area contributed by atoms with E-state index in [0.717, 1.165) is 24.6 Å². The summed E-state index contributed by atoms with van der Waals surface area (Å²) in [5, 5.41) is 3.75. The number of carbonyl (C=O) groups is 1. The lowest BCUT2D eigenvalue weighted by Gasteiger charge is -2.18. The molecule has 1 rings (SSSR count). The first-order valence-corrected chi connectivity index (χ1v) is 5.45. The normalized spacial score (nSPS) is 22.2. The number of nitrogens with one attached hydrogen (secondary N) is 1. The van der Waals surface area contributed by atoms with E-state index in [-0.39, 0.29) is 5.91 Å². The lowest BCUT2D eigenvalue weighted by Crippen LogP contribution is -2.35. The second kappa shape index (κ2) is 5.36. The highest BCUT2D eigenvalue weighted by atomic mass is 79.9. The standard InChI is InChI=1S/C9H14BrNO/c10-7-6-9(12)11-8-4-2-1-3-5-8/h1-2,8H,3-7H2,(H,11,12). The van der Waals surface area contributed by atoms with Crippen molar-refractivity contribution in [1.29, 1.82) is 0 Å². The van der Waals surface area contributed by atoms with E-state index in [1.165, 1.54) is 0 Å². The molecule has 0 radical (unpaired) electrons. The summed E-state index contributed by atoms with van der Waals surface area (Å²) in [6.07, 6.45) is 8.08. The minimum atomic E-state index is 0.159. The molecule has 1 unspecified atom stereocenters. The molecule has 0 fully saturated rings. The minimum absolute atomic E-state index is 0.159. The molecule has 1 N–H and O–H groups in total. The van der Waals surface area contributed by atoms with Crippen molar-refractivity contribution in [3.8, 4) is 0 Å². The van der Waals surface area contributed by atoms with E-state index in [1.807, 2.05) is 0 Å². The highest BCUT2D eigenvalue weighted by Gasteiger charge is 2.11. The maximum absolute atomic E-state index is 11.1. The van der Waals surface area contributed by atoms with Crippen LogP contribution in [-0.2, 0) is 4.79 Å². The Morgan fingerprint density at radius 2 is 2.42 bits per heavy atom. The van der Waals surface area contributed by atoms with Gasteiger partial charge in [-0.2, -0.15) is 0 Å². The number of alkyl halides is 1. The van der Waals surface area contributed by atoms with E-state index in [2.05, 4.69) is 33.4 Å². The van der Waals surface area contributed by atoms with E-state index in [4.69, 9.17) is 0 Å². The van der Waals surface area contributed by atoms with Crippen molar-refractivity contribution in [2.45, 2.75) is 31.7 Å². The van der Waals surface area contributed by atoms with Gasteiger partial charge in [-0.15, -0.1) is 0 Å². The lowest BCUT2D eigenvalue weighted by atomic mass is 10.0. The van der Waals surface area contributed by atoms with Crippen LogP contribution in [0.3, 0.4) is 0 Å². The van der Waals surface area contributed by atoms with E-state index < -0.39 is 0 Å². The van der Waals surface area contributed by atoms with Crippen LogP contribution >= 0.6 is 15.9 Å². The zero-order valence-electron chi connectivity index (χ0n) is 7.05. The highest BCUT2D eigenvalue weighted by Crippen LogP contribution is 2.10. The molecule has 0 aliphatic heterocycles. The van der Waals surface area contributed by atoms with E-state index >= 15 is 0 Å². The molecule has 12 heavy (non-hydrogen) atoms. The Morgan fingerprint density at radius 1 is 1.58 bits per heavy atom. The maximum atomic E-state index is 11.1. The Bertz CT molecular complexity index is 179. The molecule has 1 aliphatic carbocycles. The predicted molar refractivity (Wildman–Crippen MR) is 53.3 cm³/mol. The first-order valence-electron chi connectivity index (χ1n) is 4.33.